The van der Waals surface area contributed by atoms with Crippen LogP contribution in [0.4, 0.5) is 19.0 Å². The molecule has 3 aromatic carbocycles. The van der Waals surface area contributed by atoms with E-state index in [4.69, 9.17) is 15.1 Å². The van der Waals surface area contributed by atoms with Crippen LogP contribution in [-0.2, 0) is 22.7 Å². The number of amides is 1. The van der Waals surface area contributed by atoms with Gasteiger partial charge in [0.05, 0.1) is 17.7 Å². The number of nitriles is 2. The predicted octanol–water partition coefficient (Wildman–Crippen LogP) is 5.07. The molecule has 1 amide bonds. The number of fused-ring (bicyclic) bond motifs is 1. The average molecular weight is 768 g/mol. The Labute approximate surface area is 318 Å². The second-order valence-electron chi connectivity index (χ2n) is 13.5. The second kappa shape index (κ2) is 17.2. The van der Waals surface area contributed by atoms with Crippen molar-refractivity contribution in [1.29, 1.82) is 10.5 Å². The Morgan fingerprint density at radius 1 is 1.05 bits per heavy atom. The quantitative estimate of drug-likeness (QED) is 0.0546. The summed E-state index contributed by atoms with van der Waals surface area (Å²) >= 11 is 0. The summed E-state index contributed by atoms with van der Waals surface area (Å²) in [7, 11) is 0. The molecule has 1 saturated heterocycles. The van der Waals surface area contributed by atoms with Crippen LogP contribution in [0.2, 0.25) is 0 Å². The standard InChI is InChI=1S/C38H34F3N9O3.CH2O2/c1-21(37(51)47-53)23-6-4-22(5-7-23)18-44-26-10-12-49(13-11-26)36-28(17-43)32(24-8-9-25(16-42)30(39)14-24)29(19-45-36)27-15-31-35(34(41)33(27)40)50(48-46-31)20-38(2,3)52;2-1-3/h4-9,14-15,19,26,44,52-53H,1,10-13,18,20H2,2-3H3,(H,47,51);1H,(H,2,3). The SMILES string of the molecule is C=C(C(=O)NO)c1ccc(CNC2CCN(c3ncc(-c4cc5nnn(CC(C)(C)O)c5c(F)c4F)c(-c4ccc(C#N)c(F)c4)c3C#N)CC2)cc1.O=CO. The molecule has 1 aliphatic heterocycles. The highest BCUT2D eigenvalue weighted by molar-refractivity contribution is 6.18. The molecule has 288 valence electrons. The number of hydrogen-bond acceptors (Lipinski definition) is 11. The lowest BCUT2D eigenvalue weighted by Crippen LogP contribution is -2.42. The Morgan fingerprint density at radius 3 is 2.32 bits per heavy atom. The molecule has 0 radical (unpaired) electrons. The Kier molecular flexibility index (Phi) is 12.5. The number of carbonyl (C=O) groups excluding carboxylic acids is 1. The summed E-state index contributed by atoms with van der Waals surface area (Å²) in [6, 6.07) is 16.3. The number of aromatic nitrogens is 4. The molecule has 1 aliphatic rings. The van der Waals surface area contributed by atoms with E-state index < -0.39 is 29.0 Å². The normalized spacial score (nSPS) is 13.0. The van der Waals surface area contributed by atoms with Crippen molar-refractivity contribution in [3.63, 3.8) is 0 Å². The molecule has 0 spiro atoms. The van der Waals surface area contributed by atoms with E-state index in [9.17, 15) is 20.4 Å². The number of nitrogens with one attached hydrogen (secondary N) is 2. The minimum absolute atomic E-state index is 0.00670. The van der Waals surface area contributed by atoms with Gasteiger partial charge < -0.3 is 20.4 Å². The van der Waals surface area contributed by atoms with E-state index in [1.807, 2.05) is 17.0 Å². The van der Waals surface area contributed by atoms with Crippen molar-refractivity contribution in [2.24, 2.45) is 0 Å². The second-order valence-corrected chi connectivity index (χ2v) is 13.5. The first-order chi connectivity index (χ1) is 26.7. The molecule has 0 unspecified atom stereocenters. The van der Waals surface area contributed by atoms with Gasteiger partial charge in [-0.25, -0.2) is 28.3 Å². The maximum Gasteiger partial charge on any atom is 0.290 e. The molecular weight excluding hydrogens is 731 g/mol. The third-order valence-electron chi connectivity index (χ3n) is 9.12. The van der Waals surface area contributed by atoms with Crippen molar-refractivity contribution in [2.45, 2.75) is 51.4 Å². The van der Waals surface area contributed by atoms with E-state index in [1.165, 1.54) is 38.2 Å². The third kappa shape index (κ3) is 8.66. The van der Waals surface area contributed by atoms with Crippen molar-refractivity contribution in [1.82, 2.24) is 30.8 Å². The Balaban J connectivity index is 0.00000194. The summed E-state index contributed by atoms with van der Waals surface area (Å²) in [6.07, 6.45) is 2.68. The zero-order valence-corrected chi connectivity index (χ0v) is 30.2. The Morgan fingerprint density at radius 2 is 1.73 bits per heavy atom. The first kappa shape index (κ1) is 40.5. The summed E-state index contributed by atoms with van der Waals surface area (Å²) in [4.78, 5) is 26.5. The third-order valence-corrected chi connectivity index (χ3v) is 9.12. The molecule has 0 bridgehead atoms. The fourth-order valence-electron chi connectivity index (χ4n) is 6.44. The zero-order chi connectivity index (χ0) is 40.7. The molecule has 5 N–H and O–H groups in total. The van der Waals surface area contributed by atoms with Crippen LogP contribution >= 0.6 is 0 Å². The van der Waals surface area contributed by atoms with Crippen LogP contribution in [0.15, 0.2) is 61.3 Å². The van der Waals surface area contributed by atoms with Crippen LogP contribution < -0.4 is 15.7 Å². The van der Waals surface area contributed by atoms with Crippen LogP contribution in [0.3, 0.4) is 0 Å². The van der Waals surface area contributed by atoms with Crippen molar-refractivity contribution in [2.75, 3.05) is 18.0 Å². The van der Waals surface area contributed by atoms with Gasteiger partial charge in [0.1, 0.15) is 40.4 Å². The molecule has 0 saturated carbocycles. The Bertz CT molecular complexity index is 2370. The molecule has 56 heavy (non-hydrogen) atoms. The van der Waals surface area contributed by atoms with Gasteiger partial charge >= 0.3 is 0 Å². The molecule has 3 heterocycles. The number of pyridine rings is 1. The first-order valence-corrected chi connectivity index (χ1v) is 17.1. The molecule has 14 nitrogen and oxygen atoms in total. The van der Waals surface area contributed by atoms with Crippen LogP contribution in [0.5, 0.6) is 0 Å². The van der Waals surface area contributed by atoms with Gasteiger partial charge in [0.15, 0.2) is 11.6 Å². The van der Waals surface area contributed by atoms with E-state index >= 15 is 13.2 Å². The van der Waals surface area contributed by atoms with Crippen molar-refractivity contribution < 1.29 is 38.2 Å². The van der Waals surface area contributed by atoms with E-state index in [0.717, 1.165) is 16.3 Å². The monoisotopic (exact) mass is 767 g/mol. The fraction of sp³-hybridized carbons (Fsp3) is 0.256. The average Bonchev–Trinajstić information content (AvgIpc) is 3.58. The highest BCUT2D eigenvalue weighted by Crippen LogP contribution is 2.41. The fourth-order valence-corrected chi connectivity index (χ4v) is 6.44. The summed E-state index contributed by atoms with van der Waals surface area (Å²) in [5.41, 5.74) is 1.47. The largest absolute Gasteiger partial charge is 0.483 e. The molecule has 6 rings (SSSR count). The molecule has 1 fully saturated rings. The minimum Gasteiger partial charge on any atom is -0.483 e. The van der Waals surface area contributed by atoms with Crippen molar-refractivity contribution in [3.8, 4) is 34.4 Å². The predicted molar refractivity (Wildman–Crippen MR) is 198 cm³/mol. The molecule has 2 aromatic heterocycles. The lowest BCUT2D eigenvalue weighted by atomic mass is 9.90. The number of halogens is 3. The lowest BCUT2D eigenvalue weighted by Gasteiger charge is -2.34. The lowest BCUT2D eigenvalue weighted by molar-refractivity contribution is -0.123. The maximum absolute atomic E-state index is 16.1. The number of nitrogens with zero attached hydrogens (tertiary/aromatic N) is 7. The molecular formula is C39H36F3N9O5. The summed E-state index contributed by atoms with van der Waals surface area (Å²) in [6.45, 7) is 7.79. The van der Waals surface area contributed by atoms with Gasteiger partial charge in [-0.3, -0.25) is 14.8 Å². The summed E-state index contributed by atoms with van der Waals surface area (Å²) in [5, 5.41) is 57.3. The Hall–Kier alpha value is -6.66. The van der Waals surface area contributed by atoms with Crippen LogP contribution in [0.1, 0.15) is 48.9 Å². The molecule has 5 aromatic rings. The maximum atomic E-state index is 16.1. The van der Waals surface area contributed by atoms with Crippen LogP contribution in [0, 0.1) is 40.1 Å². The summed E-state index contributed by atoms with van der Waals surface area (Å²) < 4.78 is 48.0. The van der Waals surface area contributed by atoms with Gasteiger partial charge in [-0.15, -0.1) is 5.10 Å². The van der Waals surface area contributed by atoms with E-state index in [0.29, 0.717) is 38.0 Å². The van der Waals surface area contributed by atoms with Crippen LogP contribution in [-0.4, -0.2) is 72.5 Å². The van der Waals surface area contributed by atoms with Gasteiger partial charge in [0.2, 0.25) is 0 Å². The topological polar surface area (TPSA) is 213 Å². The van der Waals surface area contributed by atoms with Gasteiger partial charge in [0.25, 0.3) is 12.4 Å². The number of carboxylic acid groups (broad SMARTS) is 1. The number of piperidine rings is 1. The number of rotatable bonds is 10. The van der Waals surface area contributed by atoms with Gasteiger partial charge in [-0.1, -0.05) is 42.1 Å². The van der Waals surface area contributed by atoms with E-state index in [2.05, 4.69) is 33.3 Å². The number of hydrogen-bond donors (Lipinski definition) is 5. The number of hydroxylamine groups is 1. The van der Waals surface area contributed by atoms with E-state index in [-0.39, 0.29) is 74.9 Å². The minimum atomic E-state index is -1.30. The highest BCUT2D eigenvalue weighted by Gasteiger charge is 2.29. The molecule has 17 heteroatoms. The van der Waals surface area contributed by atoms with Gasteiger partial charge in [-0.05, 0) is 61.6 Å². The molecule has 0 aliphatic carbocycles. The van der Waals surface area contributed by atoms with E-state index in [1.54, 1.807) is 23.7 Å². The van der Waals surface area contributed by atoms with Crippen LogP contribution in [0.25, 0.3) is 38.9 Å². The summed E-state index contributed by atoms with van der Waals surface area (Å²) in [5.74, 6) is -3.79. The van der Waals surface area contributed by atoms with Crippen molar-refractivity contribution in [3.05, 3.63) is 101 Å². The zero-order valence-electron chi connectivity index (χ0n) is 30.2. The number of aliphatic hydroxyl groups is 1. The van der Waals surface area contributed by atoms with Gasteiger partial charge in [0, 0.05) is 54.1 Å². The number of carbonyl (C=O) groups is 2. The smallest absolute Gasteiger partial charge is 0.290 e. The highest BCUT2D eigenvalue weighted by atomic mass is 19.2. The number of benzene rings is 3. The number of anilines is 1. The molecule has 0 atom stereocenters. The first-order valence-electron chi connectivity index (χ1n) is 17.1. The van der Waals surface area contributed by atoms with Crippen molar-refractivity contribution >= 4 is 34.8 Å². The van der Waals surface area contributed by atoms with Gasteiger partial charge in [-0.2, -0.15) is 10.5 Å².